The van der Waals surface area contributed by atoms with Gasteiger partial charge in [0.15, 0.2) is 0 Å². The fourth-order valence-electron chi connectivity index (χ4n) is 2.49. The Balaban J connectivity index is 3.04. The van der Waals surface area contributed by atoms with Crippen molar-refractivity contribution in [2.45, 2.75) is 38.8 Å². The highest BCUT2D eigenvalue weighted by Crippen LogP contribution is 2.29. The molecule has 0 aliphatic heterocycles. The number of nitrogens with zero attached hydrogens (tertiary/aromatic N) is 1. The minimum atomic E-state index is 0.167. The zero-order valence-corrected chi connectivity index (χ0v) is 13.3. The Kier molecular flexibility index (Phi) is 6.82. The van der Waals surface area contributed by atoms with Crippen LogP contribution in [0.1, 0.15) is 38.3 Å². The molecule has 0 aliphatic carbocycles. The summed E-state index contributed by atoms with van der Waals surface area (Å²) in [5, 5.41) is 0. The van der Waals surface area contributed by atoms with E-state index < -0.39 is 0 Å². The van der Waals surface area contributed by atoms with Gasteiger partial charge in [0.1, 0.15) is 11.5 Å². The van der Waals surface area contributed by atoms with Crippen molar-refractivity contribution in [1.29, 1.82) is 0 Å². The fourth-order valence-corrected chi connectivity index (χ4v) is 2.49. The first-order chi connectivity index (χ1) is 9.57. The quantitative estimate of drug-likeness (QED) is 0.795. The Hall–Kier alpha value is -1.26. The molecule has 0 fully saturated rings. The monoisotopic (exact) mass is 280 g/mol. The van der Waals surface area contributed by atoms with Crippen LogP contribution in [0.25, 0.3) is 0 Å². The molecule has 0 saturated heterocycles. The minimum Gasteiger partial charge on any atom is -0.497 e. The van der Waals surface area contributed by atoms with Gasteiger partial charge in [0.05, 0.1) is 14.2 Å². The number of ether oxygens (including phenoxy) is 2. The number of nitrogens with two attached hydrogens (primary N) is 1. The molecule has 0 spiro atoms. The Bertz CT molecular complexity index is 387. The predicted molar refractivity (Wildman–Crippen MR) is 83.5 cm³/mol. The molecular formula is C16H28N2O2. The Morgan fingerprint density at radius 1 is 1.15 bits per heavy atom. The number of hydrogen-bond acceptors (Lipinski definition) is 4. The molecule has 0 saturated carbocycles. The lowest BCUT2D eigenvalue weighted by molar-refractivity contribution is 0.179. The number of benzene rings is 1. The van der Waals surface area contributed by atoms with E-state index in [1.807, 2.05) is 18.2 Å². The van der Waals surface area contributed by atoms with E-state index >= 15 is 0 Å². The Morgan fingerprint density at radius 2 is 1.70 bits per heavy atom. The van der Waals surface area contributed by atoms with Crippen LogP contribution in [-0.4, -0.2) is 38.8 Å². The van der Waals surface area contributed by atoms with Gasteiger partial charge in [0.25, 0.3) is 0 Å². The maximum Gasteiger partial charge on any atom is 0.122 e. The van der Waals surface area contributed by atoms with E-state index in [1.165, 1.54) is 6.42 Å². The van der Waals surface area contributed by atoms with E-state index in [2.05, 4.69) is 25.8 Å². The van der Waals surface area contributed by atoms with Crippen LogP contribution in [-0.2, 0) is 0 Å². The summed E-state index contributed by atoms with van der Waals surface area (Å²) < 4.78 is 10.7. The average Bonchev–Trinajstić information content (AvgIpc) is 2.47. The summed E-state index contributed by atoms with van der Waals surface area (Å²) in [4.78, 5) is 2.33. The van der Waals surface area contributed by atoms with Crippen molar-refractivity contribution < 1.29 is 9.47 Å². The van der Waals surface area contributed by atoms with Crippen LogP contribution >= 0.6 is 0 Å². The van der Waals surface area contributed by atoms with Gasteiger partial charge in [-0.1, -0.05) is 13.3 Å². The molecule has 0 heterocycles. The van der Waals surface area contributed by atoms with Crippen molar-refractivity contribution in [3.8, 4) is 11.5 Å². The molecule has 4 heteroatoms. The van der Waals surface area contributed by atoms with Gasteiger partial charge in [-0.3, -0.25) is 4.90 Å². The van der Waals surface area contributed by atoms with Crippen LogP contribution in [0.3, 0.4) is 0 Å². The molecule has 2 atom stereocenters. The second-order valence-electron chi connectivity index (χ2n) is 5.20. The van der Waals surface area contributed by atoms with E-state index in [0.717, 1.165) is 23.5 Å². The van der Waals surface area contributed by atoms with Gasteiger partial charge in [0.2, 0.25) is 0 Å². The first-order valence-corrected chi connectivity index (χ1v) is 7.22. The highest BCUT2D eigenvalue weighted by Gasteiger charge is 2.21. The summed E-state index contributed by atoms with van der Waals surface area (Å²) in [5.41, 5.74) is 7.13. The zero-order valence-electron chi connectivity index (χ0n) is 13.3. The predicted octanol–water partition coefficient (Wildman–Crippen LogP) is 2.82. The van der Waals surface area contributed by atoms with E-state index in [-0.39, 0.29) is 6.04 Å². The van der Waals surface area contributed by atoms with Crippen LogP contribution in [0.15, 0.2) is 18.2 Å². The standard InChI is InChI=1S/C16H28N2O2/c1-6-7-12(2)18(3)16(11-17)13-8-14(19-4)10-15(9-13)20-5/h8-10,12,16H,6-7,11,17H2,1-5H3. The van der Waals surface area contributed by atoms with Gasteiger partial charge in [-0.05, 0) is 38.1 Å². The third-order valence-electron chi connectivity index (χ3n) is 3.88. The van der Waals surface area contributed by atoms with Gasteiger partial charge < -0.3 is 15.2 Å². The summed E-state index contributed by atoms with van der Waals surface area (Å²) in [7, 11) is 5.46. The van der Waals surface area contributed by atoms with Gasteiger partial charge in [-0.25, -0.2) is 0 Å². The molecule has 0 amide bonds. The second-order valence-corrected chi connectivity index (χ2v) is 5.20. The van der Waals surface area contributed by atoms with Crippen molar-refractivity contribution in [2.24, 2.45) is 5.73 Å². The van der Waals surface area contributed by atoms with Gasteiger partial charge in [-0.2, -0.15) is 0 Å². The van der Waals surface area contributed by atoms with Crippen molar-refractivity contribution >= 4 is 0 Å². The lowest BCUT2D eigenvalue weighted by Gasteiger charge is -2.33. The molecule has 0 radical (unpaired) electrons. The molecule has 1 aromatic rings. The van der Waals surface area contributed by atoms with E-state index in [1.54, 1.807) is 14.2 Å². The second kappa shape index (κ2) is 8.12. The van der Waals surface area contributed by atoms with E-state index in [4.69, 9.17) is 15.2 Å². The summed E-state index contributed by atoms with van der Waals surface area (Å²) in [6.45, 7) is 5.01. The minimum absolute atomic E-state index is 0.167. The Morgan fingerprint density at radius 3 is 2.10 bits per heavy atom. The third kappa shape index (κ3) is 4.12. The van der Waals surface area contributed by atoms with Gasteiger partial charge in [-0.15, -0.1) is 0 Å². The maximum atomic E-state index is 6.00. The van der Waals surface area contributed by atoms with Gasteiger partial charge in [0, 0.05) is 24.7 Å². The Labute approximate surface area is 122 Å². The van der Waals surface area contributed by atoms with Crippen LogP contribution < -0.4 is 15.2 Å². The van der Waals surface area contributed by atoms with Crippen LogP contribution in [0.4, 0.5) is 0 Å². The fraction of sp³-hybridized carbons (Fsp3) is 0.625. The highest BCUT2D eigenvalue weighted by atomic mass is 16.5. The van der Waals surface area contributed by atoms with Crippen molar-refractivity contribution in [2.75, 3.05) is 27.8 Å². The molecule has 0 aliphatic rings. The molecule has 2 unspecified atom stereocenters. The average molecular weight is 280 g/mol. The van der Waals surface area contributed by atoms with Gasteiger partial charge >= 0.3 is 0 Å². The zero-order chi connectivity index (χ0) is 15.1. The molecule has 1 aromatic carbocycles. The number of hydrogen-bond donors (Lipinski definition) is 1. The molecule has 4 nitrogen and oxygen atoms in total. The lowest BCUT2D eigenvalue weighted by atomic mass is 10.0. The lowest BCUT2D eigenvalue weighted by Crippen LogP contribution is -2.37. The SMILES string of the molecule is CCCC(C)N(C)C(CN)c1cc(OC)cc(OC)c1. The summed E-state index contributed by atoms with van der Waals surface area (Å²) in [6.07, 6.45) is 2.33. The van der Waals surface area contributed by atoms with Crippen molar-refractivity contribution in [3.63, 3.8) is 0 Å². The van der Waals surface area contributed by atoms with E-state index in [9.17, 15) is 0 Å². The molecule has 0 aromatic heterocycles. The maximum absolute atomic E-state index is 6.00. The molecule has 0 bridgehead atoms. The molecule has 2 N–H and O–H groups in total. The smallest absolute Gasteiger partial charge is 0.122 e. The third-order valence-corrected chi connectivity index (χ3v) is 3.88. The summed E-state index contributed by atoms with van der Waals surface area (Å²) >= 11 is 0. The topological polar surface area (TPSA) is 47.7 Å². The molecule has 114 valence electrons. The van der Waals surface area contributed by atoms with Crippen LogP contribution in [0, 0.1) is 0 Å². The van der Waals surface area contributed by atoms with Crippen molar-refractivity contribution in [3.05, 3.63) is 23.8 Å². The van der Waals surface area contributed by atoms with Crippen LogP contribution in [0.5, 0.6) is 11.5 Å². The van der Waals surface area contributed by atoms with E-state index in [0.29, 0.717) is 12.6 Å². The highest BCUT2D eigenvalue weighted by molar-refractivity contribution is 5.40. The normalized spacial score (nSPS) is 14.2. The number of methoxy groups -OCH3 is 2. The first kappa shape index (κ1) is 16.8. The van der Waals surface area contributed by atoms with Crippen molar-refractivity contribution in [1.82, 2.24) is 4.90 Å². The largest absolute Gasteiger partial charge is 0.497 e. The molecular weight excluding hydrogens is 252 g/mol. The first-order valence-electron chi connectivity index (χ1n) is 7.22. The number of likely N-dealkylation sites (N-methyl/N-ethyl adjacent to an activating group) is 1. The number of rotatable bonds is 8. The summed E-state index contributed by atoms with van der Waals surface area (Å²) in [5.74, 6) is 1.60. The van der Waals surface area contributed by atoms with Crippen LogP contribution in [0.2, 0.25) is 0 Å². The molecule has 1 rings (SSSR count). The molecule has 20 heavy (non-hydrogen) atoms. The summed E-state index contributed by atoms with van der Waals surface area (Å²) in [6, 6.07) is 6.61.